The van der Waals surface area contributed by atoms with Gasteiger partial charge in [0.2, 0.25) is 0 Å². The van der Waals surface area contributed by atoms with Gasteiger partial charge in [0.05, 0.1) is 16.6 Å². The average molecular weight is 857 g/mol. The molecule has 66 heavy (non-hydrogen) atoms. The fourth-order valence-corrected chi connectivity index (χ4v) is 9.93. The monoisotopic (exact) mass is 856 g/mol. The van der Waals surface area contributed by atoms with Gasteiger partial charge in [-0.3, -0.25) is 0 Å². The fourth-order valence-electron chi connectivity index (χ4n) is 9.93. The lowest BCUT2D eigenvalue weighted by atomic mass is 9.97. The average Bonchev–Trinajstić information content (AvgIpc) is 3.89. The molecule has 0 bridgehead atoms. The Bertz CT molecular complexity index is 3570. The molecule has 0 fully saturated rings. The molecule has 1 aliphatic rings. The van der Waals surface area contributed by atoms with E-state index in [1.807, 2.05) is 30.3 Å². The summed E-state index contributed by atoms with van der Waals surface area (Å²) >= 11 is 0. The third-order valence-corrected chi connectivity index (χ3v) is 12.9. The molecule has 2 aromatic heterocycles. The lowest BCUT2D eigenvalue weighted by molar-refractivity contribution is 0.627. The summed E-state index contributed by atoms with van der Waals surface area (Å²) in [5.41, 5.74) is 16.1. The number of fused-ring (bicyclic) bond motifs is 6. The Balaban J connectivity index is 0.901. The first-order chi connectivity index (χ1) is 32.6. The van der Waals surface area contributed by atoms with Gasteiger partial charge in [-0.2, -0.15) is 0 Å². The maximum Gasteiger partial charge on any atom is 0.123 e. The molecule has 0 unspecified atom stereocenters. The molecule has 12 rings (SSSR count). The molecule has 0 N–H and O–H groups in total. The lowest BCUT2D eigenvalue weighted by Gasteiger charge is -2.30. The lowest BCUT2D eigenvalue weighted by Crippen LogP contribution is -2.19. The van der Waals surface area contributed by atoms with Crippen LogP contribution < -0.4 is 9.80 Å². The van der Waals surface area contributed by atoms with E-state index in [0.717, 1.165) is 91.3 Å². The van der Waals surface area contributed by atoms with Gasteiger partial charge in [0.25, 0.3) is 0 Å². The number of nitrogens with zero attached hydrogens (tertiary/aromatic N) is 4. The Labute approximate surface area is 381 Å². The van der Waals surface area contributed by atoms with Crippen molar-refractivity contribution in [2.45, 2.75) is 12.8 Å². The molecule has 11 aromatic rings. The summed E-state index contributed by atoms with van der Waals surface area (Å²) < 4.78 is 33.5. The highest BCUT2D eigenvalue weighted by molar-refractivity contribution is 6.10. The second kappa shape index (κ2) is 16.3. The zero-order chi connectivity index (χ0) is 44.1. The van der Waals surface area contributed by atoms with E-state index in [0.29, 0.717) is 0 Å². The van der Waals surface area contributed by atoms with Gasteiger partial charge in [0.15, 0.2) is 0 Å². The van der Waals surface area contributed by atoms with Crippen molar-refractivity contribution in [2.24, 2.45) is 0 Å². The van der Waals surface area contributed by atoms with Gasteiger partial charge in [-0.1, -0.05) is 97.1 Å². The molecular formula is C60H42F2N4. The van der Waals surface area contributed by atoms with Gasteiger partial charge in [0.1, 0.15) is 11.6 Å². The van der Waals surface area contributed by atoms with E-state index in [-0.39, 0.29) is 11.6 Å². The molecule has 0 saturated heterocycles. The molecule has 316 valence electrons. The van der Waals surface area contributed by atoms with E-state index in [4.69, 9.17) is 0 Å². The highest BCUT2D eigenvalue weighted by Gasteiger charge is 2.25. The quantitative estimate of drug-likeness (QED) is 0.144. The van der Waals surface area contributed by atoms with Crippen LogP contribution in [-0.2, 0) is 6.42 Å². The van der Waals surface area contributed by atoms with Crippen LogP contribution in [0.4, 0.5) is 37.2 Å². The molecule has 1 aliphatic carbocycles. The van der Waals surface area contributed by atoms with Crippen molar-refractivity contribution in [3.63, 3.8) is 0 Å². The Kier molecular flexibility index (Phi) is 9.64. The van der Waals surface area contributed by atoms with Gasteiger partial charge in [-0.15, -0.1) is 0 Å². The normalized spacial score (nSPS) is 12.4. The van der Waals surface area contributed by atoms with Crippen LogP contribution in [0.5, 0.6) is 0 Å². The van der Waals surface area contributed by atoms with Gasteiger partial charge in [-0.05, 0) is 157 Å². The summed E-state index contributed by atoms with van der Waals surface area (Å²) in [6, 6.07) is 75.3. The molecule has 9 aromatic carbocycles. The number of benzene rings is 9. The number of aromatic nitrogens is 2. The zero-order valence-corrected chi connectivity index (χ0v) is 35.9. The fraction of sp³-hybridized carbons (Fsp3) is 0.0333. The minimum absolute atomic E-state index is 0.266. The number of rotatable bonds is 9. The largest absolute Gasteiger partial charge is 0.314 e. The predicted octanol–water partition coefficient (Wildman–Crippen LogP) is 16.3. The smallest absolute Gasteiger partial charge is 0.123 e. The zero-order valence-electron chi connectivity index (χ0n) is 35.9. The van der Waals surface area contributed by atoms with E-state index in [1.165, 1.54) is 46.4 Å². The van der Waals surface area contributed by atoms with E-state index >= 15 is 0 Å². The first kappa shape index (κ1) is 39.1. The van der Waals surface area contributed by atoms with Crippen LogP contribution >= 0.6 is 0 Å². The molecule has 4 nitrogen and oxygen atoms in total. The topological polar surface area (TPSA) is 16.3 Å². The highest BCUT2D eigenvalue weighted by Crippen LogP contribution is 2.43. The molecular weight excluding hydrogens is 815 g/mol. The van der Waals surface area contributed by atoms with Crippen molar-refractivity contribution in [3.8, 4) is 22.5 Å². The maximum atomic E-state index is 14.4. The number of anilines is 5. The summed E-state index contributed by atoms with van der Waals surface area (Å²) in [6.45, 7) is 0. The molecule has 0 spiro atoms. The summed E-state index contributed by atoms with van der Waals surface area (Å²) in [5.74, 6) is -0.547. The molecule has 0 amide bonds. The van der Waals surface area contributed by atoms with Gasteiger partial charge in [0, 0.05) is 72.9 Å². The number of hydrogen-bond donors (Lipinski definition) is 0. The van der Waals surface area contributed by atoms with Crippen LogP contribution in [-0.4, -0.2) is 9.13 Å². The van der Waals surface area contributed by atoms with Crippen molar-refractivity contribution in [3.05, 3.63) is 253 Å². The van der Waals surface area contributed by atoms with E-state index in [2.05, 4.69) is 195 Å². The van der Waals surface area contributed by atoms with Crippen LogP contribution in [0, 0.1) is 11.6 Å². The van der Waals surface area contributed by atoms with Crippen molar-refractivity contribution < 1.29 is 8.78 Å². The van der Waals surface area contributed by atoms with Crippen LogP contribution in [0.3, 0.4) is 0 Å². The Morgan fingerprint density at radius 3 is 1.36 bits per heavy atom. The Morgan fingerprint density at radius 2 is 0.788 bits per heavy atom. The van der Waals surface area contributed by atoms with Crippen molar-refractivity contribution >= 4 is 67.2 Å². The van der Waals surface area contributed by atoms with E-state index in [1.54, 1.807) is 0 Å². The number of para-hydroxylation sites is 4. The number of halogens is 2. The van der Waals surface area contributed by atoms with Gasteiger partial charge in [-0.25, -0.2) is 8.78 Å². The molecule has 6 heteroatoms. The highest BCUT2D eigenvalue weighted by atomic mass is 19.1. The second-order valence-electron chi connectivity index (χ2n) is 16.8. The predicted molar refractivity (Wildman–Crippen MR) is 269 cm³/mol. The first-order valence-electron chi connectivity index (χ1n) is 22.3. The summed E-state index contributed by atoms with van der Waals surface area (Å²) in [6.07, 6.45) is 3.98. The van der Waals surface area contributed by atoms with Crippen molar-refractivity contribution in [1.82, 2.24) is 9.13 Å². The van der Waals surface area contributed by atoms with Gasteiger partial charge < -0.3 is 18.9 Å². The maximum absolute atomic E-state index is 14.4. The minimum atomic E-state index is -0.281. The Morgan fingerprint density at radius 1 is 0.348 bits per heavy atom. The summed E-state index contributed by atoms with van der Waals surface area (Å²) in [4.78, 5) is 4.44. The third-order valence-electron chi connectivity index (χ3n) is 12.9. The van der Waals surface area contributed by atoms with Crippen LogP contribution in [0.2, 0.25) is 0 Å². The van der Waals surface area contributed by atoms with Crippen LogP contribution in [0.25, 0.3) is 61.3 Å². The first-order valence-corrected chi connectivity index (χ1v) is 22.3. The molecule has 0 radical (unpaired) electrons. The van der Waals surface area contributed by atoms with Crippen molar-refractivity contribution in [2.75, 3.05) is 9.80 Å². The molecule has 0 atom stereocenters. The summed E-state index contributed by atoms with van der Waals surface area (Å²) in [5, 5.41) is 3.50. The summed E-state index contributed by atoms with van der Waals surface area (Å²) in [7, 11) is 0. The second-order valence-corrected chi connectivity index (χ2v) is 16.8. The molecule has 2 heterocycles. The van der Waals surface area contributed by atoms with Crippen molar-refractivity contribution in [1.29, 1.82) is 0 Å². The Hall–Kier alpha value is -8.48. The van der Waals surface area contributed by atoms with Crippen LogP contribution in [0.1, 0.15) is 17.7 Å². The van der Waals surface area contributed by atoms with E-state index in [9.17, 15) is 8.78 Å². The molecule has 0 aliphatic heterocycles. The van der Waals surface area contributed by atoms with E-state index < -0.39 is 0 Å². The van der Waals surface area contributed by atoms with Crippen LogP contribution in [0.15, 0.2) is 230 Å². The third kappa shape index (κ3) is 6.82. The SMILES string of the molecule is Fc1ccc(N(C2=Cc3c(n(-c4ccccc4)c4ccccc34)CC2)c2ccc(-c3ccc(N(c4ccc(F)cc4)c4ccc5c(c4)c4ccccc4n5-c4ccccc4)cc3)cc2)cc1. The number of hydrogen-bond acceptors (Lipinski definition) is 2. The standard InChI is InChI=1S/C60H42F2N4/c61-43-23-31-49(32-24-43)63(51-35-37-59-55(39-51)53-15-7-9-17-57(53)65(59)45-11-3-1-4-12-45)47-27-19-41(20-28-47)42-21-29-48(30-22-42)64(50-33-25-44(62)26-34-50)52-36-38-60-56(40-52)54-16-8-10-18-58(54)66(60)46-13-5-2-6-14-46/h1-35,37,39-40H,36,38H2. The molecule has 0 saturated carbocycles. The van der Waals surface area contributed by atoms with Gasteiger partial charge >= 0.3 is 0 Å². The number of allylic oxidation sites excluding steroid dienone is 1. The minimum Gasteiger partial charge on any atom is -0.314 e.